The molecular weight excluding hydrogens is 274 g/mol. The van der Waals surface area contributed by atoms with Crippen molar-refractivity contribution in [2.75, 3.05) is 5.32 Å². The molecule has 0 saturated carbocycles. The number of amides is 2. The third-order valence-electron chi connectivity index (χ3n) is 2.27. The summed E-state index contributed by atoms with van der Waals surface area (Å²) in [6, 6.07) is 6.76. The van der Waals surface area contributed by atoms with Crippen LogP contribution in [0.25, 0.3) is 0 Å². The van der Waals surface area contributed by atoms with Crippen molar-refractivity contribution in [2.24, 2.45) is 0 Å². The van der Waals surface area contributed by atoms with E-state index in [-0.39, 0.29) is 23.4 Å². The SMILES string of the molecule is N=C1NC(=O)CC(C(=O)Nc2cccc(Cl)c2)S1. The summed E-state index contributed by atoms with van der Waals surface area (Å²) in [6.07, 6.45) is 0.0689. The number of benzene rings is 1. The Morgan fingerprint density at radius 2 is 2.33 bits per heavy atom. The van der Waals surface area contributed by atoms with E-state index in [4.69, 9.17) is 17.0 Å². The molecule has 2 amide bonds. The topological polar surface area (TPSA) is 82.1 Å². The van der Waals surface area contributed by atoms with E-state index in [0.717, 1.165) is 11.8 Å². The first-order chi connectivity index (χ1) is 8.54. The molecule has 1 aliphatic heterocycles. The van der Waals surface area contributed by atoms with Gasteiger partial charge in [-0.25, -0.2) is 0 Å². The van der Waals surface area contributed by atoms with Crippen molar-refractivity contribution in [3.05, 3.63) is 29.3 Å². The van der Waals surface area contributed by atoms with E-state index in [9.17, 15) is 9.59 Å². The van der Waals surface area contributed by atoms with Crippen LogP contribution in [-0.2, 0) is 9.59 Å². The van der Waals surface area contributed by atoms with Gasteiger partial charge in [0.1, 0.15) is 5.25 Å². The Hall–Kier alpha value is -1.53. The average Bonchev–Trinajstić information content (AvgIpc) is 2.27. The largest absolute Gasteiger partial charge is 0.325 e. The van der Waals surface area contributed by atoms with Gasteiger partial charge in [-0.1, -0.05) is 29.4 Å². The lowest BCUT2D eigenvalue weighted by atomic mass is 10.2. The second kappa shape index (κ2) is 5.41. The number of hydrogen-bond donors (Lipinski definition) is 3. The summed E-state index contributed by atoms with van der Waals surface area (Å²) in [5, 5.41) is 12.3. The minimum atomic E-state index is -0.578. The molecule has 0 bridgehead atoms. The van der Waals surface area contributed by atoms with E-state index in [1.165, 1.54) is 0 Å². The maximum absolute atomic E-state index is 11.9. The molecular formula is C11H10ClN3O2S. The van der Waals surface area contributed by atoms with Gasteiger partial charge in [-0.3, -0.25) is 15.0 Å². The monoisotopic (exact) mass is 283 g/mol. The summed E-state index contributed by atoms with van der Waals surface area (Å²) in [7, 11) is 0. The Labute approximate surface area is 113 Å². The maximum Gasteiger partial charge on any atom is 0.238 e. The summed E-state index contributed by atoms with van der Waals surface area (Å²) >= 11 is 6.83. The average molecular weight is 284 g/mol. The van der Waals surface area contributed by atoms with Crippen LogP contribution in [0, 0.1) is 5.41 Å². The van der Waals surface area contributed by atoms with Crippen LogP contribution in [0.3, 0.4) is 0 Å². The Kier molecular flexibility index (Phi) is 3.88. The zero-order chi connectivity index (χ0) is 13.1. The second-order valence-corrected chi connectivity index (χ2v) is 5.34. The molecule has 0 spiro atoms. The fraction of sp³-hybridized carbons (Fsp3) is 0.182. The van der Waals surface area contributed by atoms with Crippen molar-refractivity contribution >= 4 is 46.0 Å². The van der Waals surface area contributed by atoms with E-state index >= 15 is 0 Å². The molecule has 1 atom stereocenters. The molecule has 2 rings (SSSR count). The lowest BCUT2D eigenvalue weighted by Crippen LogP contribution is -2.41. The third-order valence-corrected chi connectivity index (χ3v) is 3.51. The van der Waals surface area contributed by atoms with Gasteiger partial charge in [-0.05, 0) is 18.2 Å². The van der Waals surface area contributed by atoms with Crippen LogP contribution in [0.1, 0.15) is 6.42 Å². The second-order valence-electron chi connectivity index (χ2n) is 3.69. The van der Waals surface area contributed by atoms with Gasteiger partial charge in [-0.15, -0.1) is 0 Å². The summed E-state index contributed by atoms with van der Waals surface area (Å²) in [4.78, 5) is 23.1. The molecule has 0 aliphatic carbocycles. The number of carbonyl (C=O) groups is 2. The molecule has 1 saturated heterocycles. The Balaban J connectivity index is 2.03. The van der Waals surface area contributed by atoms with Crippen LogP contribution in [0.2, 0.25) is 5.02 Å². The first kappa shape index (κ1) is 12.9. The molecule has 0 radical (unpaired) electrons. The molecule has 1 fully saturated rings. The number of halogens is 1. The van der Waals surface area contributed by atoms with Crippen molar-refractivity contribution in [3.8, 4) is 0 Å². The van der Waals surface area contributed by atoms with Crippen molar-refractivity contribution in [1.29, 1.82) is 5.41 Å². The van der Waals surface area contributed by atoms with Gasteiger partial charge < -0.3 is 10.6 Å². The smallest absolute Gasteiger partial charge is 0.238 e. The van der Waals surface area contributed by atoms with Crippen molar-refractivity contribution in [1.82, 2.24) is 5.32 Å². The third kappa shape index (κ3) is 3.24. The van der Waals surface area contributed by atoms with Crippen LogP contribution in [0.15, 0.2) is 24.3 Å². The Morgan fingerprint density at radius 1 is 1.56 bits per heavy atom. The number of hydrogen-bond acceptors (Lipinski definition) is 4. The number of thioether (sulfide) groups is 1. The zero-order valence-corrected chi connectivity index (χ0v) is 10.8. The van der Waals surface area contributed by atoms with Crippen LogP contribution < -0.4 is 10.6 Å². The molecule has 18 heavy (non-hydrogen) atoms. The molecule has 1 heterocycles. The highest BCUT2D eigenvalue weighted by molar-refractivity contribution is 8.15. The van der Waals surface area contributed by atoms with Gasteiger partial charge in [0, 0.05) is 17.1 Å². The van der Waals surface area contributed by atoms with E-state index in [1.807, 2.05) is 0 Å². The molecule has 94 valence electrons. The van der Waals surface area contributed by atoms with Crippen LogP contribution in [0.4, 0.5) is 5.69 Å². The van der Waals surface area contributed by atoms with Crippen molar-refractivity contribution < 1.29 is 9.59 Å². The highest BCUT2D eigenvalue weighted by atomic mass is 35.5. The number of amidine groups is 1. The Morgan fingerprint density at radius 3 is 3.00 bits per heavy atom. The van der Waals surface area contributed by atoms with Gasteiger partial charge in [0.15, 0.2) is 5.17 Å². The summed E-state index contributed by atoms with van der Waals surface area (Å²) in [5.74, 6) is -0.619. The maximum atomic E-state index is 11.9. The molecule has 5 nitrogen and oxygen atoms in total. The lowest BCUT2D eigenvalue weighted by molar-refractivity contribution is -0.123. The van der Waals surface area contributed by atoms with Crippen molar-refractivity contribution in [2.45, 2.75) is 11.7 Å². The molecule has 0 aromatic heterocycles. The van der Waals surface area contributed by atoms with E-state index < -0.39 is 5.25 Å². The predicted molar refractivity (Wildman–Crippen MR) is 71.9 cm³/mol. The summed E-state index contributed by atoms with van der Waals surface area (Å²) < 4.78 is 0. The first-order valence-corrected chi connectivity index (χ1v) is 6.42. The minimum absolute atomic E-state index is 0.00232. The Bertz CT molecular complexity index is 505. The van der Waals surface area contributed by atoms with Gasteiger partial charge in [-0.2, -0.15) is 0 Å². The highest BCUT2D eigenvalue weighted by Crippen LogP contribution is 2.22. The molecule has 1 unspecified atom stereocenters. The number of anilines is 1. The number of rotatable bonds is 2. The van der Waals surface area contributed by atoms with E-state index in [0.29, 0.717) is 10.7 Å². The fourth-order valence-corrected chi connectivity index (χ4v) is 2.54. The molecule has 3 N–H and O–H groups in total. The molecule has 1 aromatic rings. The highest BCUT2D eigenvalue weighted by Gasteiger charge is 2.29. The summed E-state index contributed by atoms with van der Waals surface area (Å²) in [6.45, 7) is 0. The minimum Gasteiger partial charge on any atom is -0.325 e. The summed E-state index contributed by atoms with van der Waals surface area (Å²) in [5.41, 5.74) is 0.575. The van der Waals surface area contributed by atoms with Crippen LogP contribution in [0.5, 0.6) is 0 Å². The molecule has 1 aliphatic rings. The van der Waals surface area contributed by atoms with Gasteiger partial charge in [0.05, 0.1) is 0 Å². The van der Waals surface area contributed by atoms with Crippen molar-refractivity contribution in [3.63, 3.8) is 0 Å². The van der Waals surface area contributed by atoms with Gasteiger partial charge in [0.2, 0.25) is 11.8 Å². The normalized spacial score (nSPS) is 19.3. The lowest BCUT2D eigenvalue weighted by Gasteiger charge is -2.21. The molecule has 7 heteroatoms. The van der Waals surface area contributed by atoms with E-state index in [2.05, 4.69) is 10.6 Å². The van der Waals surface area contributed by atoms with E-state index in [1.54, 1.807) is 24.3 Å². The zero-order valence-electron chi connectivity index (χ0n) is 9.20. The fourth-order valence-electron chi connectivity index (χ4n) is 1.49. The first-order valence-electron chi connectivity index (χ1n) is 5.16. The number of nitrogens with one attached hydrogen (secondary N) is 3. The van der Waals surface area contributed by atoms with Gasteiger partial charge in [0.25, 0.3) is 0 Å². The van der Waals surface area contributed by atoms with Crippen LogP contribution >= 0.6 is 23.4 Å². The number of carbonyl (C=O) groups excluding carboxylic acids is 2. The van der Waals surface area contributed by atoms with Crippen LogP contribution in [-0.4, -0.2) is 22.2 Å². The standard InChI is InChI=1S/C11H10ClN3O2S/c12-6-2-1-3-7(4-6)14-10(17)8-5-9(16)15-11(13)18-8/h1-4,8H,5H2,(H,14,17)(H2,13,15,16). The molecule has 1 aromatic carbocycles. The quantitative estimate of drug-likeness (QED) is 0.774. The predicted octanol–water partition coefficient (Wildman–Crippen LogP) is 1.83. The van der Waals surface area contributed by atoms with Gasteiger partial charge >= 0.3 is 0 Å².